The van der Waals surface area contributed by atoms with E-state index >= 15 is 0 Å². The fourth-order valence-corrected chi connectivity index (χ4v) is 3.80. The summed E-state index contributed by atoms with van der Waals surface area (Å²) in [4.78, 5) is 0.0477. The molecule has 0 aliphatic rings. The highest BCUT2D eigenvalue weighted by atomic mass is 35.5. The Balaban J connectivity index is 1.97. The second-order valence-corrected chi connectivity index (χ2v) is 7.97. The van der Waals surface area contributed by atoms with Crippen LogP contribution in [0.1, 0.15) is 11.1 Å². The van der Waals surface area contributed by atoms with E-state index in [2.05, 4.69) is 0 Å². The third-order valence-corrected chi connectivity index (χ3v) is 5.40. The van der Waals surface area contributed by atoms with Crippen molar-refractivity contribution in [1.82, 2.24) is 0 Å². The zero-order valence-corrected chi connectivity index (χ0v) is 15.7. The Labute approximate surface area is 161 Å². The minimum Gasteiger partial charge on any atom is -0.508 e. The molecule has 0 heterocycles. The number of phenols is 1. The molecule has 134 valence electrons. The topological polar surface area (TPSA) is 63.6 Å². The maximum absolute atomic E-state index is 12.5. The Bertz CT molecular complexity index is 1030. The van der Waals surface area contributed by atoms with Crippen LogP contribution in [0.2, 0.25) is 10.0 Å². The van der Waals surface area contributed by atoms with E-state index in [1.807, 2.05) is 0 Å². The zero-order chi connectivity index (χ0) is 18.7. The fourth-order valence-electron chi connectivity index (χ4n) is 2.42. The van der Waals surface area contributed by atoms with E-state index in [0.29, 0.717) is 21.2 Å². The van der Waals surface area contributed by atoms with Crippen LogP contribution in [0.3, 0.4) is 0 Å². The molecule has 0 radical (unpaired) electrons. The van der Waals surface area contributed by atoms with Crippen molar-refractivity contribution in [3.63, 3.8) is 0 Å². The molecular formula is C19H14Cl2O4S. The van der Waals surface area contributed by atoms with Crippen molar-refractivity contribution in [2.75, 3.05) is 0 Å². The second kappa shape index (κ2) is 7.58. The Morgan fingerprint density at radius 3 is 2.15 bits per heavy atom. The first-order chi connectivity index (χ1) is 12.3. The highest BCUT2D eigenvalue weighted by molar-refractivity contribution is 7.87. The monoisotopic (exact) mass is 408 g/mol. The number of hydrogen-bond acceptors (Lipinski definition) is 4. The molecule has 0 fully saturated rings. The quantitative estimate of drug-likeness (QED) is 0.599. The summed E-state index contributed by atoms with van der Waals surface area (Å²) in [6, 6.07) is 17.1. The highest BCUT2D eigenvalue weighted by Crippen LogP contribution is 2.31. The maximum Gasteiger partial charge on any atom is 0.339 e. The Hall–Kier alpha value is -2.21. The summed E-state index contributed by atoms with van der Waals surface area (Å²) in [7, 11) is -3.99. The fraction of sp³-hybridized carbons (Fsp3) is 0.0526. The largest absolute Gasteiger partial charge is 0.508 e. The maximum atomic E-state index is 12.5. The van der Waals surface area contributed by atoms with Crippen LogP contribution in [0.5, 0.6) is 11.5 Å². The molecule has 7 heteroatoms. The molecule has 0 aromatic heterocycles. The summed E-state index contributed by atoms with van der Waals surface area (Å²) in [5.74, 6) is 0.184. The molecule has 0 amide bonds. The van der Waals surface area contributed by atoms with Crippen molar-refractivity contribution < 1.29 is 17.7 Å². The van der Waals surface area contributed by atoms with Crippen LogP contribution < -0.4 is 4.18 Å². The molecule has 0 unspecified atom stereocenters. The van der Waals surface area contributed by atoms with E-state index in [-0.39, 0.29) is 22.8 Å². The van der Waals surface area contributed by atoms with Gasteiger partial charge in [-0.1, -0.05) is 41.4 Å². The Kier molecular flexibility index (Phi) is 5.41. The molecule has 0 atom stereocenters. The first-order valence-corrected chi connectivity index (χ1v) is 9.77. The average Bonchev–Trinajstić information content (AvgIpc) is 2.61. The van der Waals surface area contributed by atoms with Gasteiger partial charge in [0.2, 0.25) is 0 Å². The van der Waals surface area contributed by atoms with Crippen LogP contribution in [0.15, 0.2) is 71.6 Å². The van der Waals surface area contributed by atoms with Gasteiger partial charge in [0.25, 0.3) is 0 Å². The van der Waals surface area contributed by atoms with Crippen molar-refractivity contribution in [2.45, 2.75) is 11.3 Å². The average molecular weight is 409 g/mol. The summed E-state index contributed by atoms with van der Waals surface area (Å²) in [5, 5.41) is 10.9. The van der Waals surface area contributed by atoms with Crippen molar-refractivity contribution in [1.29, 1.82) is 0 Å². The molecule has 0 aliphatic heterocycles. The van der Waals surface area contributed by atoms with Gasteiger partial charge in [0.05, 0.1) is 0 Å². The SMILES string of the molecule is O=S(=O)(Oc1ccc(Cl)cc1Cc1cc(Cl)ccc1O)c1ccccc1. The smallest absolute Gasteiger partial charge is 0.339 e. The van der Waals surface area contributed by atoms with Crippen molar-refractivity contribution >= 4 is 33.3 Å². The van der Waals surface area contributed by atoms with E-state index in [9.17, 15) is 13.5 Å². The molecule has 3 aromatic carbocycles. The van der Waals surface area contributed by atoms with Gasteiger partial charge < -0.3 is 9.29 Å². The van der Waals surface area contributed by atoms with Gasteiger partial charge in [0, 0.05) is 22.0 Å². The molecule has 0 saturated heterocycles. The van der Waals surface area contributed by atoms with Gasteiger partial charge in [-0.2, -0.15) is 8.42 Å². The first-order valence-electron chi connectivity index (χ1n) is 7.60. The molecular weight excluding hydrogens is 395 g/mol. The molecule has 0 aliphatic carbocycles. The van der Waals surface area contributed by atoms with Gasteiger partial charge in [-0.25, -0.2) is 0 Å². The molecule has 0 spiro atoms. The number of hydrogen-bond donors (Lipinski definition) is 1. The summed E-state index contributed by atoms with van der Waals surface area (Å²) in [6.45, 7) is 0. The lowest BCUT2D eigenvalue weighted by atomic mass is 10.0. The van der Waals surface area contributed by atoms with Crippen LogP contribution in [0.25, 0.3) is 0 Å². The zero-order valence-electron chi connectivity index (χ0n) is 13.4. The molecule has 4 nitrogen and oxygen atoms in total. The van der Waals surface area contributed by atoms with Crippen LogP contribution in [-0.2, 0) is 16.5 Å². The minimum atomic E-state index is -3.99. The predicted molar refractivity (Wildman–Crippen MR) is 102 cm³/mol. The highest BCUT2D eigenvalue weighted by Gasteiger charge is 2.19. The molecule has 3 rings (SSSR count). The van der Waals surface area contributed by atoms with E-state index in [1.165, 1.54) is 24.3 Å². The van der Waals surface area contributed by atoms with Crippen molar-refractivity contribution in [3.8, 4) is 11.5 Å². The van der Waals surface area contributed by atoms with Gasteiger partial charge in [0.1, 0.15) is 16.4 Å². The summed E-state index contributed by atoms with van der Waals surface area (Å²) in [6.07, 6.45) is 0.201. The standard InChI is InChI=1S/C19H14Cl2O4S/c20-15-6-8-18(22)13(11-15)10-14-12-16(21)7-9-19(14)25-26(23,24)17-4-2-1-3-5-17/h1-9,11-12,22H,10H2. The molecule has 26 heavy (non-hydrogen) atoms. The van der Waals surface area contributed by atoms with Crippen LogP contribution >= 0.6 is 23.2 Å². The first kappa shape index (κ1) is 18.6. The second-order valence-electron chi connectivity index (χ2n) is 5.55. The third-order valence-electron chi connectivity index (χ3n) is 3.68. The minimum absolute atomic E-state index is 0.0474. The summed E-state index contributed by atoms with van der Waals surface area (Å²) < 4.78 is 30.3. The van der Waals surface area contributed by atoms with Gasteiger partial charge in [-0.05, 0) is 54.1 Å². The lowest BCUT2D eigenvalue weighted by Crippen LogP contribution is -2.11. The number of halogens is 2. The van der Waals surface area contributed by atoms with E-state index in [1.54, 1.807) is 42.5 Å². The van der Waals surface area contributed by atoms with Crippen LogP contribution in [0, 0.1) is 0 Å². The van der Waals surface area contributed by atoms with Gasteiger partial charge in [-0.15, -0.1) is 0 Å². The van der Waals surface area contributed by atoms with Gasteiger partial charge in [-0.3, -0.25) is 0 Å². The predicted octanol–water partition coefficient (Wildman–Crippen LogP) is 5.06. The third kappa shape index (κ3) is 4.30. The Morgan fingerprint density at radius 2 is 1.46 bits per heavy atom. The number of benzene rings is 3. The van der Waals surface area contributed by atoms with Crippen LogP contribution in [0.4, 0.5) is 0 Å². The van der Waals surface area contributed by atoms with E-state index in [4.69, 9.17) is 27.4 Å². The van der Waals surface area contributed by atoms with Gasteiger partial charge in [0.15, 0.2) is 0 Å². The molecule has 0 bridgehead atoms. The van der Waals surface area contributed by atoms with Crippen molar-refractivity contribution in [3.05, 3.63) is 87.9 Å². The summed E-state index contributed by atoms with van der Waals surface area (Å²) >= 11 is 12.0. The number of phenolic OH excluding ortho intramolecular Hbond substituents is 1. The number of aromatic hydroxyl groups is 1. The van der Waals surface area contributed by atoms with Gasteiger partial charge >= 0.3 is 10.1 Å². The normalized spacial score (nSPS) is 11.3. The Morgan fingerprint density at radius 1 is 0.846 bits per heavy atom. The molecule has 3 aromatic rings. The summed E-state index contributed by atoms with van der Waals surface area (Å²) in [5.41, 5.74) is 1.04. The van der Waals surface area contributed by atoms with Crippen molar-refractivity contribution in [2.24, 2.45) is 0 Å². The number of rotatable bonds is 5. The molecule has 0 saturated carbocycles. The lowest BCUT2D eigenvalue weighted by molar-refractivity contribution is 0.468. The van der Waals surface area contributed by atoms with E-state index in [0.717, 1.165) is 0 Å². The molecule has 1 N–H and O–H groups in total. The van der Waals surface area contributed by atoms with Crippen LogP contribution in [-0.4, -0.2) is 13.5 Å². The lowest BCUT2D eigenvalue weighted by Gasteiger charge is -2.13. The van der Waals surface area contributed by atoms with E-state index < -0.39 is 10.1 Å².